The summed E-state index contributed by atoms with van der Waals surface area (Å²) in [5, 5.41) is 3.42. The largest absolute Gasteiger partial charge is 0.489 e. The molecular formula is C16H25NO. The lowest BCUT2D eigenvalue weighted by Gasteiger charge is -2.18. The van der Waals surface area contributed by atoms with E-state index < -0.39 is 0 Å². The Kier molecular flexibility index (Phi) is 5.93. The predicted octanol–water partition coefficient (Wildman–Crippen LogP) is 4.01. The van der Waals surface area contributed by atoms with Gasteiger partial charge >= 0.3 is 0 Å². The lowest BCUT2D eigenvalue weighted by molar-refractivity contribution is 0.341. The van der Waals surface area contributed by atoms with Gasteiger partial charge in [0.25, 0.3) is 0 Å². The molecule has 2 nitrogen and oxygen atoms in total. The molecule has 0 amide bonds. The van der Waals surface area contributed by atoms with Gasteiger partial charge in [-0.05, 0) is 44.0 Å². The van der Waals surface area contributed by atoms with E-state index >= 15 is 0 Å². The van der Waals surface area contributed by atoms with Gasteiger partial charge in [0.15, 0.2) is 0 Å². The molecule has 0 saturated carbocycles. The molecule has 0 spiro atoms. The molecule has 0 fully saturated rings. The van der Waals surface area contributed by atoms with Crippen LogP contribution < -0.4 is 10.1 Å². The summed E-state index contributed by atoms with van der Waals surface area (Å²) in [6.07, 6.45) is 0.962. The van der Waals surface area contributed by atoms with E-state index in [4.69, 9.17) is 4.74 Å². The third kappa shape index (κ3) is 4.19. The monoisotopic (exact) mass is 247 g/mol. The van der Waals surface area contributed by atoms with Gasteiger partial charge < -0.3 is 10.1 Å². The fourth-order valence-electron chi connectivity index (χ4n) is 1.82. The van der Waals surface area contributed by atoms with Gasteiger partial charge in [0.2, 0.25) is 0 Å². The van der Waals surface area contributed by atoms with Crippen LogP contribution in [0.3, 0.4) is 0 Å². The van der Waals surface area contributed by atoms with Gasteiger partial charge in [-0.2, -0.15) is 0 Å². The number of rotatable bonds is 7. The second-order valence-electron chi connectivity index (χ2n) is 4.71. The first-order chi connectivity index (χ1) is 8.58. The molecular weight excluding hydrogens is 222 g/mol. The average Bonchev–Trinajstić information content (AvgIpc) is 2.36. The summed E-state index contributed by atoms with van der Waals surface area (Å²) in [5.74, 6) is 0.970. The molecule has 0 saturated heterocycles. The van der Waals surface area contributed by atoms with E-state index in [0.29, 0.717) is 12.6 Å². The first kappa shape index (κ1) is 14.8. The average molecular weight is 247 g/mol. The van der Waals surface area contributed by atoms with Crippen molar-refractivity contribution in [3.05, 3.63) is 41.5 Å². The lowest BCUT2D eigenvalue weighted by atomic mass is 10.0. The Balaban J connectivity index is 2.85. The van der Waals surface area contributed by atoms with Gasteiger partial charge in [0.1, 0.15) is 12.4 Å². The van der Waals surface area contributed by atoms with E-state index in [1.54, 1.807) is 0 Å². The fourth-order valence-corrected chi connectivity index (χ4v) is 1.82. The second-order valence-corrected chi connectivity index (χ2v) is 4.71. The van der Waals surface area contributed by atoms with Crippen molar-refractivity contribution in [2.45, 2.75) is 40.2 Å². The Bertz CT molecular complexity index is 398. The van der Waals surface area contributed by atoms with E-state index in [1.165, 1.54) is 11.1 Å². The highest BCUT2D eigenvalue weighted by Crippen LogP contribution is 2.26. The molecule has 0 aromatic heterocycles. The molecule has 1 aromatic carbocycles. The number of hydrogen-bond acceptors (Lipinski definition) is 2. The summed E-state index contributed by atoms with van der Waals surface area (Å²) in [6.45, 7) is 14.0. The van der Waals surface area contributed by atoms with E-state index in [-0.39, 0.29) is 0 Å². The van der Waals surface area contributed by atoms with E-state index in [2.05, 4.69) is 57.8 Å². The minimum atomic E-state index is 0.306. The molecule has 18 heavy (non-hydrogen) atoms. The van der Waals surface area contributed by atoms with Crippen LogP contribution in [0.5, 0.6) is 5.75 Å². The molecule has 0 radical (unpaired) electrons. The van der Waals surface area contributed by atoms with Crippen molar-refractivity contribution in [3.63, 3.8) is 0 Å². The highest BCUT2D eigenvalue weighted by Gasteiger charge is 2.11. The minimum Gasteiger partial charge on any atom is -0.489 e. The maximum atomic E-state index is 5.90. The molecule has 0 bridgehead atoms. The highest BCUT2D eigenvalue weighted by atomic mass is 16.5. The third-order valence-electron chi connectivity index (χ3n) is 3.08. The molecule has 1 aromatic rings. The number of hydrogen-bond donors (Lipinski definition) is 1. The Morgan fingerprint density at radius 3 is 2.72 bits per heavy atom. The molecule has 0 heterocycles. The summed E-state index contributed by atoms with van der Waals surface area (Å²) < 4.78 is 5.90. The molecule has 0 aliphatic carbocycles. The zero-order valence-electron chi connectivity index (χ0n) is 12.0. The Labute approximate surface area is 111 Å². The molecule has 1 N–H and O–H groups in total. The zero-order chi connectivity index (χ0) is 13.5. The van der Waals surface area contributed by atoms with Crippen LogP contribution in [0.15, 0.2) is 30.4 Å². The van der Waals surface area contributed by atoms with Crippen molar-refractivity contribution in [2.24, 2.45) is 0 Å². The standard InChI is InChI=1S/C16H25NO/c1-6-12(3)11-18-16-10-13(4)8-9-15(16)14(5)17-7-2/h8-10,14,17H,3,6-7,11H2,1-2,4-5H3. The van der Waals surface area contributed by atoms with Crippen LogP contribution in [0.2, 0.25) is 0 Å². The van der Waals surface area contributed by atoms with E-state index in [0.717, 1.165) is 24.3 Å². The van der Waals surface area contributed by atoms with E-state index in [9.17, 15) is 0 Å². The van der Waals surface area contributed by atoms with Crippen LogP contribution >= 0.6 is 0 Å². The van der Waals surface area contributed by atoms with Crippen LogP contribution in [0.1, 0.15) is 44.4 Å². The van der Waals surface area contributed by atoms with Crippen molar-refractivity contribution < 1.29 is 4.74 Å². The van der Waals surface area contributed by atoms with Crippen LogP contribution in [0.25, 0.3) is 0 Å². The maximum Gasteiger partial charge on any atom is 0.124 e. The molecule has 2 heteroatoms. The predicted molar refractivity (Wildman–Crippen MR) is 78.2 cm³/mol. The molecule has 1 rings (SSSR count). The van der Waals surface area contributed by atoms with Crippen molar-refractivity contribution in [2.75, 3.05) is 13.2 Å². The van der Waals surface area contributed by atoms with Crippen LogP contribution in [0, 0.1) is 6.92 Å². The maximum absolute atomic E-state index is 5.90. The van der Waals surface area contributed by atoms with Crippen molar-refractivity contribution in [3.8, 4) is 5.75 Å². The third-order valence-corrected chi connectivity index (χ3v) is 3.08. The molecule has 1 atom stereocenters. The molecule has 0 aliphatic heterocycles. The second kappa shape index (κ2) is 7.22. The molecule has 100 valence electrons. The van der Waals surface area contributed by atoms with Gasteiger partial charge in [-0.3, -0.25) is 0 Å². The zero-order valence-corrected chi connectivity index (χ0v) is 12.0. The van der Waals surface area contributed by atoms with Gasteiger partial charge in [-0.1, -0.05) is 32.6 Å². The normalized spacial score (nSPS) is 12.2. The van der Waals surface area contributed by atoms with Crippen LogP contribution in [-0.2, 0) is 0 Å². The fraction of sp³-hybridized carbons (Fsp3) is 0.500. The Morgan fingerprint density at radius 1 is 1.39 bits per heavy atom. The number of benzene rings is 1. The first-order valence-electron chi connectivity index (χ1n) is 6.71. The Hall–Kier alpha value is -1.28. The van der Waals surface area contributed by atoms with Crippen molar-refractivity contribution in [1.82, 2.24) is 5.32 Å². The quantitative estimate of drug-likeness (QED) is 0.735. The number of ether oxygens (including phenoxy) is 1. The van der Waals surface area contributed by atoms with Crippen LogP contribution in [0.4, 0.5) is 0 Å². The van der Waals surface area contributed by atoms with Gasteiger partial charge in [-0.15, -0.1) is 0 Å². The van der Waals surface area contributed by atoms with Gasteiger partial charge in [0, 0.05) is 11.6 Å². The summed E-state index contributed by atoms with van der Waals surface area (Å²) in [5.41, 5.74) is 3.56. The summed E-state index contributed by atoms with van der Waals surface area (Å²) in [4.78, 5) is 0. The van der Waals surface area contributed by atoms with E-state index in [1.807, 2.05) is 0 Å². The van der Waals surface area contributed by atoms with Crippen LogP contribution in [-0.4, -0.2) is 13.2 Å². The SMILES string of the molecule is C=C(CC)COc1cc(C)ccc1C(C)NCC. The first-order valence-corrected chi connectivity index (χ1v) is 6.71. The van der Waals surface area contributed by atoms with Gasteiger partial charge in [0.05, 0.1) is 0 Å². The lowest BCUT2D eigenvalue weighted by Crippen LogP contribution is -2.18. The highest BCUT2D eigenvalue weighted by molar-refractivity contribution is 5.39. The summed E-state index contributed by atoms with van der Waals surface area (Å²) in [7, 11) is 0. The molecule has 0 aliphatic rings. The van der Waals surface area contributed by atoms with Crippen molar-refractivity contribution >= 4 is 0 Å². The topological polar surface area (TPSA) is 21.3 Å². The minimum absolute atomic E-state index is 0.306. The smallest absolute Gasteiger partial charge is 0.124 e. The summed E-state index contributed by atoms with van der Waals surface area (Å²) >= 11 is 0. The van der Waals surface area contributed by atoms with Gasteiger partial charge in [-0.25, -0.2) is 0 Å². The number of nitrogens with one attached hydrogen (secondary N) is 1. The molecule has 1 unspecified atom stereocenters. The number of aryl methyl sites for hydroxylation is 1. The van der Waals surface area contributed by atoms with Crippen molar-refractivity contribution in [1.29, 1.82) is 0 Å². The summed E-state index contributed by atoms with van der Waals surface area (Å²) in [6, 6.07) is 6.68. The Morgan fingerprint density at radius 2 is 2.11 bits per heavy atom.